The highest BCUT2D eigenvalue weighted by atomic mass is 32.1. The molecule has 2 aromatic rings. The van der Waals surface area contributed by atoms with Crippen LogP contribution in [0.1, 0.15) is 30.3 Å². The van der Waals surface area contributed by atoms with Crippen molar-refractivity contribution in [3.8, 4) is 10.6 Å². The second kappa shape index (κ2) is 3.58. The number of aromatic nitrogens is 1. The Morgan fingerprint density at radius 2 is 2.14 bits per heavy atom. The quantitative estimate of drug-likeness (QED) is 0.748. The fourth-order valence-electron chi connectivity index (χ4n) is 1.32. The van der Waals surface area contributed by atoms with E-state index in [1.54, 1.807) is 11.3 Å². The Hall–Kier alpha value is -1.09. The lowest BCUT2D eigenvalue weighted by molar-refractivity contribution is 0.572. The lowest BCUT2D eigenvalue weighted by atomic mass is 10.2. The summed E-state index contributed by atoms with van der Waals surface area (Å²) >= 11 is 1.78. The maximum absolute atomic E-state index is 5.34. The molecule has 0 atom stereocenters. The van der Waals surface area contributed by atoms with Crippen LogP contribution >= 0.6 is 11.3 Å². The smallest absolute Gasteiger partial charge is 0.181 e. The van der Waals surface area contributed by atoms with E-state index < -0.39 is 0 Å². The number of thiophene rings is 1. The summed E-state index contributed by atoms with van der Waals surface area (Å²) in [6.07, 6.45) is 1.50. The van der Waals surface area contributed by atoms with Gasteiger partial charge in [0.15, 0.2) is 12.2 Å². The monoisotopic (exact) mass is 207 g/mol. The molecule has 0 N–H and O–H groups in total. The van der Waals surface area contributed by atoms with Crippen molar-refractivity contribution < 1.29 is 4.42 Å². The molecule has 0 aliphatic carbocycles. The summed E-state index contributed by atoms with van der Waals surface area (Å²) in [7, 11) is 0. The van der Waals surface area contributed by atoms with Gasteiger partial charge in [0.05, 0.1) is 10.6 Å². The molecule has 0 amide bonds. The maximum atomic E-state index is 5.34. The predicted octanol–water partition coefficient (Wildman–Crippen LogP) is 3.83. The van der Waals surface area contributed by atoms with Gasteiger partial charge in [0.2, 0.25) is 0 Å². The van der Waals surface area contributed by atoms with Crippen LogP contribution in [0.15, 0.2) is 22.9 Å². The van der Waals surface area contributed by atoms with Gasteiger partial charge in [0.25, 0.3) is 0 Å². The van der Waals surface area contributed by atoms with Crippen LogP contribution in [-0.4, -0.2) is 4.98 Å². The molecule has 0 fully saturated rings. The maximum Gasteiger partial charge on any atom is 0.181 e. The lowest BCUT2D eigenvalue weighted by Crippen LogP contribution is -1.77. The van der Waals surface area contributed by atoms with Crippen LogP contribution in [0.2, 0.25) is 0 Å². The first-order valence-electron chi connectivity index (χ1n) is 4.68. The van der Waals surface area contributed by atoms with Crippen LogP contribution < -0.4 is 0 Å². The highest BCUT2D eigenvalue weighted by molar-refractivity contribution is 7.15. The Morgan fingerprint density at radius 3 is 2.64 bits per heavy atom. The molecular formula is C11H13NOS. The van der Waals surface area contributed by atoms with Crippen molar-refractivity contribution in [2.75, 3.05) is 0 Å². The third-order valence-corrected chi connectivity index (χ3v) is 3.55. The minimum atomic E-state index is 0.581. The molecule has 2 aromatic heterocycles. The first-order valence-corrected chi connectivity index (χ1v) is 5.50. The van der Waals surface area contributed by atoms with Gasteiger partial charge >= 0.3 is 0 Å². The Kier molecular flexibility index (Phi) is 2.42. The largest absolute Gasteiger partial charge is 0.442 e. The summed E-state index contributed by atoms with van der Waals surface area (Å²) < 4.78 is 5.34. The van der Waals surface area contributed by atoms with Crippen LogP contribution in [0.5, 0.6) is 0 Å². The van der Waals surface area contributed by atoms with Gasteiger partial charge in [-0.15, -0.1) is 11.3 Å². The molecule has 2 rings (SSSR count). The van der Waals surface area contributed by atoms with E-state index in [0.717, 1.165) is 11.5 Å². The molecule has 0 bridgehead atoms. The molecule has 0 radical (unpaired) electrons. The molecule has 0 spiro atoms. The van der Waals surface area contributed by atoms with Crippen LogP contribution in [0.3, 0.4) is 0 Å². The van der Waals surface area contributed by atoms with Crippen LogP contribution in [0, 0.1) is 6.92 Å². The molecule has 0 unspecified atom stereocenters. The van der Waals surface area contributed by atoms with Crippen molar-refractivity contribution in [2.24, 2.45) is 0 Å². The number of hydrogen-bond acceptors (Lipinski definition) is 3. The zero-order chi connectivity index (χ0) is 10.1. The van der Waals surface area contributed by atoms with Crippen molar-refractivity contribution >= 4 is 11.3 Å². The Labute approximate surface area is 87.6 Å². The fraction of sp³-hybridized carbons (Fsp3) is 0.364. The van der Waals surface area contributed by atoms with E-state index in [-0.39, 0.29) is 0 Å². The van der Waals surface area contributed by atoms with Crippen molar-refractivity contribution in [3.63, 3.8) is 0 Å². The van der Waals surface area contributed by atoms with Crippen molar-refractivity contribution in [1.29, 1.82) is 0 Å². The summed E-state index contributed by atoms with van der Waals surface area (Å²) in [4.78, 5) is 6.64. The van der Waals surface area contributed by atoms with Gasteiger partial charge in [-0.05, 0) is 25.0 Å². The molecule has 0 aliphatic rings. The van der Waals surface area contributed by atoms with Gasteiger partial charge in [-0.3, -0.25) is 0 Å². The number of aryl methyl sites for hydroxylation is 1. The van der Waals surface area contributed by atoms with E-state index in [0.29, 0.717) is 5.92 Å². The van der Waals surface area contributed by atoms with E-state index >= 15 is 0 Å². The van der Waals surface area contributed by atoms with Crippen molar-refractivity contribution in [1.82, 2.24) is 4.98 Å². The third-order valence-electron chi connectivity index (χ3n) is 2.17. The Bertz CT molecular complexity index is 428. The molecule has 14 heavy (non-hydrogen) atoms. The van der Waals surface area contributed by atoms with E-state index in [9.17, 15) is 0 Å². The topological polar surface area (TPSA) is 26.0 Å². The van der Waals surface area contributed by atoms with E-state index in [2.05, 4.69) is 31.0 Å². The van der Waals surface area contributed by atoms with Gasteiger partial charge in [0.1, 0.15) is 0 Å². The first-order chi connectivity index (χ1) is 6.68. The molecule has 0 aromatic carbocycles. The summed E-state index contributed by atoms with van der Waals surface area (Å²) in [6, 6.07) is 4.26. The molecule has 2 nitrogen and oxygen atoms in total. The second-order valence-electron chi connectivity index (χ2n) is 3.62. The van der Waals surface area contributed by atoms with E-state index in [1.165, 1.54) is 16.1 Å². The average molecular weight is 207 g/mol. The Morgan fingerprint density at radius 1 is 1.36 bits per heavy atom. The van der Waals surface area contributed by atoms with Crippen LogP contribution in [0.4, 0.5) is 0 Å². The van der Waals surface area contributed by atoms with E-state index in [1.807, 2.05) is 6.92 Å². The molecular weight excluding hydrogens is 194 g/mol. The third kappa shape index (κ3) is 1.60. The van der Waals surface area contributed by atoms with Crippen molar-refractivity contribution in [2.45, 2.75) is 26.7 Å². The normalized spacial score (nSPS) is 11.1. The van der Waals surface area contributed by atoms with Gasteiger partial charge in [-0.2, -0.15) is 0 Å². The zero-order valence-corrected chi connectivity index (χ0v) is 9.39. The summed E-state index contributed by atoms with van der Waals surface area (Å²) in [6.45, 7) is 6.36. The number of nitrogens with zero attached hydrogens (tertiary/aromatic N) is 1. The minimum absolute atomic E-state index is 0.581. The summed E-state index contributed by atoms with van der Waals surface area (Å²) in [5.41, 5.74) is 0.960. The number of oxazole rings is 1. The van der Waals surface area contributed by atoms with E-state index in [4.69, 9.17) is 4.42 Å². The highest BCUT2D eigenvalue weighted by Crippen LogP contribution is 2.33. The fourth-order valence-corrected chi connectivity index (χ4v) is 2.37. The number of rotatable bonds is 2. The molecule has 74 valence electrons. The zero-order valence-electron chi connectivity index (χ0n) is 8.57. The summed E-state index contributed by atoms with van der Waals surface area (Å²) in [5.74, 6) is 1.49. The predicted molar refractivity (Wildman–Crippen MR) is 58.6 cm³/mol. The highest BCUT2D eigenvalue weighted by Gasteiger charge is 2.10. The van der Waals surface area contributed by atoms with Gasteiger partial charge in [-0.1, -0.05) is 13.8 Å². The van der Waals surface area contributed by atoms with Crippen molar-refractivity contribution in [3.05, 3.63) is 29.1 Å². The molecule has 0 saturated heterocycles. The first kappa shape index (κ1) is 9.46. The van der Waals surface area contributed by atoms with Gasteiger partial charge < -0.3 is 4.42 Å². The lowest BCUT2D eigenvalue weighted by Gasteiger charge is -1.97. The standard InChI is InChI=1S/C11H13NOS/c1-7(2)9-4-5-10(14-9)11-8(3)12-6-13-11/h4-7H,1-3H3. The van der Waals surface area contributed by atoms with Crippen LogP contribution in [0.25, 0.3) is 10.6 Å². The molecule has 0 saturated carbocycles. The minimum Gasteiger partial charge on any atom is -0.442 e. The SMILES string of the molecule is Cc1ncoc1-c1ccc(C(C)C)s1. The molecule has 2 heterocycles. The average Bonchev–Trinajstić information content (AvgIpc) is 2.71. The van der Waals surface area contributed by atoms with Gasteiger partial charge in [0, 0.05) is 4.88 Å². The van der Waals surface area contributed by atoms with Crippen LogP contribution in [-0.2, 0) is 0 Å². The molecule has 0 aliphatic heterocycles. The molecule has 3 heteroatoms. The number of hydrogen-bond donors (Lipinski definition) is 0. The summed E-state index contributed by atoms with van der Waals surface area (Å²) in [5, 5.41) is 0. The van der Waals surface area contributed by atoms with Gasteiger partial charge in [-0.25, -0.2) is 4.98 Å². The Balaban J connectivity index is 2.39. The second-order valence-corrected chi connectivity index (χ2v) is 4.74.